The normalized spacial score (nSPS) is 0. The van der Waals surface area contributed by atoms with Gasteiger partial charge >= 0.3 is 36.2 Å². The molecule has 0 saturated carbocycles. The van der Waals surface area contributed by atoms with Gasteiger partial charge in [0.05, 0.1) is 0 Å². The van der Waals surface area contributed by atoms with Crippen molar-refractivity contribution in [3.05, 3.63) is 0 Å². The minimum Gasteiger partial charge on any atom is -1.00 e. The summed E-state index contributed by atoms with van der Waals surface area (Å²) >= 11 is 0. The second-order valence-corrected chi connectivity index (χ2v) is 0. The van der Waals surface area contributed by atoms with Crippen LogP contribution in [-0.4, -0.2) is 17.4 Å². The SMILES string of the molecule is [Al+3].[I-].[I-].[I-].[I-].[Li+]. The van der Waals surface area contributed by atoms with Gasteiger partial charge in [-0.25, -0.2) is 0 Å². The van der Waals surface area contributed by atoms with E-state index in [1.54, 1.807) is 0 Å². The Morgan fingerprint density at radius 3 is 0.500 bits per heavy atom. The smallest absolute Gasteiger partial charge is 1.00 e. The second-order valence-electron chi connectivity index (χ2n) is 0. The van der Waals surface area contributed by atoms with Crippen molar-refractivity contribution < 1.29 is 115 Å². The molecule has 0 N–H and O–H groups in total. The van der Waals surface area contributed by atoms with E-state index in [1.807, 2.05) is 0 Å². The number of rotatable bonds is 0. The van der Waals surface area contributed by atoms with Crippen LogP contribution in [0.25, 0.3) is 0 Å². The minimum absolute atomic E-state index is 0. The fraction of sp³-hybridized carbons (Fsp3) is 0. The average molecular weight is 542 g/mol. The van der Waals surface area contributed by atoms with Crippen LogP contribution in [0.15, 0.2) is 0 Å². The van der Waals surface area contributed by atoms with Crippen molar-refractivity contribution in [3.63, 3.8) is 0 Å². The Bertz CT molecular complexity index is 7.51. The van der Waals surface area contributed by atoms with E-state index in [0.29, 0.717) is 0 Å². The van der Waals surface area contributed by atoms with Gasteiger partial charge in [-0.3, -0.25) is 0 Å². The third-order valence-corrected chi connectivity index (χ3v) is 0. The van der Waals surface area contributed by atoms with Gasteiger partial charge in [-0.1, -0.05) is 0 Å². The fourth-order valence-corrected chi connectivity index (χ4v) is 0. The number of hydrogen-bond acceptors (Lipinski definition) is 0. The van der Waals surface area contributed by atoms with Crippen LogP contribution in [0.3, 0.4) is 0 Å². The molecular formula is AlI4Li. The summed E-state index contributed by atoms with van der Waals surface area (Å²) in [4.78, 5) is 0. The van der Waals surface area contributed by atoms with Gasteiger partial charge in [0.2, 0.25) is 0 Å². The second kappa shape index (κ2) is 35.8. The number of halogens is 4. The van der Waals surface area contributed by atoms with Crippen molar-refractivity contribution in [3.8, 4) is 0 Å². The molecular weight excluding hydrogens is 542 g/mol. The third-order valence-electron chi connectivity index (χ3n) is 0. The van der Waals surface area contributed by atoms with Gasteiger partial charge in [0, 0.05) is 0 Å². The van der Waals surface area contributed by atoms with E-state index in [0.717, 1.165) is 0 Å². The first-order chi connectivity index (χ1) is 0. The van der Waals surface area contributed by atoms with Crippen LogP contribution in [-0.2, 0) is 0 Å². The summed E-state index contributed by atoms with van der Waals surface area (Å²) in [6, 6.07) is 0. The molecule has 0 nitrogen and oxygen atoms in total. The van der Waals surface area contributed by atoms with Crippen LogP contribution in [0.4, 0.5) is 0 Å². The summed E-state index contributed by atoms with van der Waals surface area (Å²) in [5.74, 6) is 0. The quantitative estimate of drug-likeness (QED) is 0.211. The predicted molar refractivity (Wildman–Crippen MR) is 5.75 cm³/mol. The Hall–Kier alpha value is 4.05. The van der Waals surface area contributed by atoms with Gasteiger partial charge in [-0.05, 0) is 0 Å². The molecule has 0 spiro atoms. The Morgan fingerprint density at radius 2 is 0.500 bits per heavy atom. The van der Waals surface area contributed by atoms with Gasteiger partial charge in [0.25, 0.3) is 0 Å². The van der Waals surface area contributed by atoms with Gasteiger partial charge in [-0.2, -0.15) is 0 Å². The Labute approximate surface area is 129 Å². The molecule has 0 amide bonds. The van der Waals surface area contributed by atoms with Crippen molar-refractivity contribution in [1.82, 2.24) is 0 Å². The summed E-state index contributed by atoms with van der Waals surface area (Å²) < 4.78 is 0. The van der Waals surface area contributed by atoms with Crippen LogP contribution in [0.5, 0.6) is 0 Å². The molecule has 6 heteroatoms. The predicted octanol–water partition coefficient (Wildman–Crippen LogP) is -15.4. The fourth-order valence-electron chi connectivity index (χ4n) is 0. The summed E-state index contributed by atoms with van der Waals surface area (Å²) in [6.07, 6.45) is 0. The standard InChI is InChI=1S/Al.4HI.Li/h;4*1H;/q+3;;;;;+1/p-4. The van der Waals surface area contributed by atoms with E-state index in [9.17, 15) is 0 Å². The van der Waals surface area contributed by atoms with Crippen LogP contribution < -0.4 is 115 Å². The molecule has 0 aromatic carbocycles. The monoisotopic (exact) mass is 542 g/mol. The van der Waals surface area contributed by atoms with Gasteiger partial charge in [-0.15, -0.1) is 0 Å². The summed E-state index contributed by atoms with van der Waals surface area (Å²) in [6.45, 7) is 0. The first-order valence-corrected chi connectivity index (χ1v) is 0. The van der Waals surface area contributed by atoms with E-state index in [-0.39, 0.29) is 132 Å². The molecule has 0 aliphatic carbocycles. The maximum absolute atomic E-state index is 0. The topological polar surface area (TPSA) is 0 Å². The first-order valence-electron chi connectivity index (χ1n) is 0. The van der Waals surface area contributed by atoms with Crippen LogP contribution in [0.1, 0.15) is 0 Å². The van der Waals surface area contributed by atoms with E-state index < -0.39 is 0 Å². The van der Waals surface area contributed by atoms with Crippen molar-refractivity contribution >= 4 is 17.4 Å². The molecule has 0 aliphatic rings. The summed E-state index contributed by atoms with van der Waals surface area (Å²) in [7, 11) is 0. The maximum Gasteiger partial charge on any atom is 3.00 e. The molecule has 0 unspecified atom stereocenters. The Kier molecular flexibility index (Phi) is 299. The molecule has 6 heavy (non-hydrogen) atoms. The third kappa shape index (κ3) is 24.4. The molecule has 0 aliphatic heterocycles. The maximum atomic E-state index is 0. The molecule has 0 fully saturated rings. The Balaban J connectivity index is 0. The van der Waals surface area contributed by atoms with E-state index in [1.165, 1.54) is 0 Å². The summed E-state index contributed by atoms with van der Waals surface area (Å²) in [5.41, 5.74) is 0. The van der Waals surface area contributed by atoms with E-state index in [4.69, 9.17) is 0 Å². The van der Waals surface area contributed by atoms with Gasteiger partial charge in [0.15, 0.2) is 0 Å². The molecule has 0 atom stereocenters. The first kappa shape index (κ1) is 50.2. The largest absolute Gasteiger partial charge is 3.00 e. The molecule has 0 bridgehead atoms. The molecule has 0 rings (SSSR count). The Morgan fingerprint density at radius 1 is 0.500 bits per heavy atom. The minimum atomic E-state index is 0. The van der Waals surface area contributed by atoms with Crippen molar-refractivity contribution in [2.45, 2.75) is 0 Å². The van der Waals surface area contributed by atoms with Gasteiger partial charge < -0.3 is 95.9 Å². The molecule has 32 valence electrons. The molecule has 0 radical (unpaired) electrons. The summed E-state index contributed by atoms with van der Waals surface area (Å²) in [5, 5.41) is 0. The average Bonchev–Trinajstić information content (AvgIpc) is 0. The zero-order chi connectivity index (χ0) is 0. The number of hydrogen-bond donors (Lipinski definition) is 0. The van der Waals surface area contributed by atoms with E-state index in [2.05, 4.69) is 0 Å². The molecule has 0 heterocycles. The zero-order valence-electron chi connectivity index (χ0n) is 3.09. The molecule has 0 aromatic rings. The molecule has 0 saturated heterocycles. The molecule has 0 aromatic heterocycles. The van der Waals surface area contributed by atoms with Gasteiger partial charge in [0.1, 0.15) is 0 Å². The van der Waals surface area contributed by atoms with Crippen LogP contribution >= 0.6 is 0 Å². The van der Waals surface area contributed by atoms with E-state index >= 15 is 0 Å². The van der Waals surface area contributed by atoms with Crippen LogP contribution in [0.2, 0.25) is 0 Å². The van der Waals surface area contributed by atoms with Crippen molar-refractivity contribution in [1.29, 1.82) is 0 Å². The van der Waals surface area contributed by atoms with Crippen molar-refractivity contribution in [2.24, 2.45) is 0 Å². The van der Waals surface area contributed by atoms with Crippen LogP contribution in [0, 0.1) is 0 Å². The zero-order valence-corrected chi connectivity index (χ0v) is 12.9. The van der Waals surface area contributed by atoms with Crippen molar-refractivity contribution in [2.75, 3.05) is 0 Å².